The van der Waals surface area contributed by atoms with Crippen LogP contribution in [0.3, 0.4) is 0 Å². The van der Waals surface area contributed by atoms with Gasteiger partial charge in [-0.1, -0.05) is 36.4 Å². The van der Waals surface area contributed by atoms with E-state index in [1.807, 2.05) is 12.1 Å². The molecule has 2 N–H and O–H groups in total. The van der Waals surface area contributed by atoms with Crippen molar-refractivity contribution < 1.29 is 37.0 Å². The fourth-order valence-corrected chi connectivity index (χ4v) is 6.01. The average molecular weight is 634 g/mol. The van der Waals surface area contributed by atoms with Gasteiger partial charge in [-0.15, -0.1) is 0 Å². The van der Waals surface area contributed by atoms with Crippen LogP contribution in [0.1, 0.15) is 15.9 Å². The third kappa shape index (κ3) is 7.84. The molecule has 0 aliphatic rings. The first kappa shape index (κ1) is 32.7. The molecule has 0 saturated heterocycles. The lowest BCUT2D eigenvalue weighted by molar-refractivity contribution is -0.114. The first-order valence-electron chi connectivity index (χ1n) is 13.9. The maximum atomic E-state index is 13.8. The minimum Gasteiger partial charge on any atom is -0.493 e. The summed E-state index contributed by atoms with van der Waals surface area (Å²) in [6.07, 6.45) is 0.528. The maximum Gasteiger partial charge on any atom is 0.264 e. The Kier molecular flexibility index (Phi) is 10.9. The quantitative estimate of drug-likeness (QED) is 0.207. The topological polar surface area (TPSA) is 132 Å². The van der Waals surface area contributed by atoms with E-state index in [0.717, 1.165) is 9.87 Å². The number of carbonyl (C=O) groups is 2. The van der Waals surface area contributed by atoms with E-state index in [4.69, 9.17) is 18.9 Å². The smallest absolute Gasteiger partial charge is 0.264 e. The summed E-state index contributed by atoms with van der Waals surface area (Å²) in [4.78, 5) is 26.4. The van der Waals surface area contributed by atoms with Gasteiger partial charge in [0.15, 0.2) is 23.0 Å². The van der Waals surface area contributed by atoms with Crippen LogP contribution < -0.4 is 33.9 Å². The lowest BCUT2D eigenvalue weighted by atomic mass is 10.1. The van der Waals surface area contributed by atoms with Gasteiger partial charge >= 0.3 is 0 Å². The molecule has 0 aromatic heterocycles. The van der Waals surface area contributed by atoms with Crippen LogP contribution in [-0.2, 0) is 21.2 Å². The molecule has 0 unspecified atom stereocenters. The summed E-state index contributed by atoms with van der Waals surface area (Å²) in [5, 5.41) is 5.58. The second-order valence-electron chi connectivity index (χ2n) is 9.65. The number of nitrogens with zero attached hydrogens (tertiary/aromatic N) is 1. The summed E-state index contributed by atoms with van der Waals surface area (Å²) >= 11 is 0. The summed E-state index contributed by atoms with van der Waals surface area (Å²) in [7, 11) is 1.73. The second kappa shape index (κ2) is 15.0. The van der Waals surface area contributed by atoms with Crippen molar-refractivity contribution in [1.82, 2.24) is 5.32 Å². The Hall–Kier alpha value is -5.23. The molecule has 11 nitrogen and oxygen atoms in total. The molecule has 0 atom stereocenters. The first-order valence-corrected chi connectivity index (χ1v) is 15.3. The Morgan fingerprint density at radius 2 is 1.31 bits per heavy atom. The molecule has 0 heterocycles. The highest BCUT2D eigenvalue weighted by Crippen LogP contribution is 2.32. The van der Waals surface area contributed by atoms with Crippen molar-refractivity contribution in [1.29, 1.82) is 0 Å². The summed E-state index contributed by atoms with van der Waals surface area (Å²) in [5.74, 6) is 0.739. The zero-order valence-electron chi connectivity index (χ0n) is 25.4. The van der Waals surface area contributed by atoms with Crippen molar-refractivity contribution >= 4 is 33.2 Å². The predicted molar refractivity (Wildman–Crippen MR) is 171 cm³/mol. The van der Waals surface area contributed by atoms with Crippen molar-refractivity contribution in [3.05, 3.63) is 102 Å². The Morgan fingerprint density at radius 1 is 0.711 bits per heavy atom. The number of hydrogen-bond donors (Lipinski definition) is 2. The number of amides is 2. The van der Waals surface area contributed by atoms with Gasteiger partial charge in [-0.2, -0.15) is 0 Å². The number of anilines is 2. The zero-order valence-corrected chi connectivity index (χ0v) is 26.2. The Morgan fingerprint density at radius 3 is 1.98 bits per heavy atom. The summed E-state index contributed by atoms with van der Waals surface area (Å²) in [6.45, 7) is -0.238. The molecular formula is C33H35N3O8S. The number of nitrogens with one attached hydrogen (secondary N) is 2. The number of carbonyl (C=O) groups excluding carboxylic acids is 2. The van der Waals surface area contributed by atoms with Gasteiger partial charge in [0.1, 0.15) is 6.54 Å². The number of rotatable bonds is 14. The molecule has 45 heavy (non-hydrogen) atoms. The Labute approximate surface area is 262 Å². The lowest BCUT2D eigenvalue weighted by Gasteiger charge is -2.24. The summed E-state index contributed by atoms with van der Waals surface area (Å²) < 4.78 is 49.8. The molecule has 0 aliphatic heterocycles. The summed E-state index contributed by atoms with van der Waals surface area (Å²) in [6, 6.07) is 24.5. The first-order chi connectivity index (χ1) is 21.7. The van der Waals surface area contributed by atoms with E-state index in [1.54, 1.807) is 74.9 Å². The van der Waals surface area contributed by atoms with Crippen LogP contribution in [-0.4, -0.2) is 61.8 Å². The van der Waals surface area contributed by atoms with Crippen molar-refractivity contribution in [2.75, 3.05) is 51.2 Å². The summed E-state index contributed by atoms with van der Waals surface area (Å²) in [5.41, 5.74) is 1.68. The molecule has 4 aromatic rings. The predicted octanol–water partition coefficient (Wildman–Crippen LogP) is 4.53. The van der Waals surface area contributed by atoms with E-state index in [9.17, 15) is 18.0 Å². The third-order valence-corrected chi connectivity index (χ3v) is 8.64. The molecule has 0 saturated carbocycles. The number of ether oxygens (including phenoxy) is 4. The SMILES string of the molecule is COc1ccc(CCNC(=O)c2ccccc2NC(=O)CN(c2ccccc2)S(=O)(=O)c2ccc(OC)c(OC)c2)cc1OC. The lowest BCUT2D eigenvalue weighted by Crippen LogP contribution is -2.38. The van der Waals surface area contributed by atoms with Crippen molar-refractivity contribution in [3.63, 3.8) is 0 Å². The highest BCUT2D eigenvalue weighted by atomic mass is 32.2. The molecule has 0 aliphatic carbocycles. The minimum absolute atomic E-state index is 0.0916. The molecule has 2 amide bonds. The number of para-hydroxylation sites is 2. The molecule has 0 radical (unpaired) electrons. The second-order valence-corrected chi connectivity index (χ2v) is 11.5. The molecule has 236 valence electrons. The van der Waals surface area contributed by atoms with Gasteiger partial charge in [0, 0.05) is 12.6 Å². The van der Waals surface area contributed by atoms with Crippen LogP contribution in [0.25, 0.3) is 0 Å². The number of sulfonamides is 1. The number of benzene rings is 4. The molecule has 4 aromatic carbocycles. The highest BCUT2D eigenvalue weighted by Gasteiger charge is 2.29. The van der Waals surface area contributed by atoms with Gasteiger partial charge in [0.05, 0.1) is 50.3 Å². The van der Waals surface area contributed by atoms with Gasteiger partial charge in [-0.05, 0) is 60.5 Å². The normalized spacial score (nSPS) is 10.8. The van der Waals surface area contributed by atoms with E-state index in [2.05, 4.69) is 10.6 Å². The van der Waals surface area contributed by atoms with Crippen molar-refractivity contribution in [3.8, 4) is 23.0 Å². The average Bonchev–Trinajstić information content (AvgIpc) is 3.07. The van der Waals surface area contributed by atoms with Crippen LogP contribution in [0.15, 0.2) is 95.9 Å². The van der Waals surface area contributed by atoms with Crippen LogP contribution in [0.4, 0.5) is 11.4 Å². The van der Waals surface area contributed by atoms with Gasteiger partial charge < -0.3 is 29.6 Å². The third-order valence-electron chi connectivity index (χ3n) is 6.87. The number of methoxy groups -OCH3 is 4. The van der Waals surface area contributed by atoms with E-state index in [1.165, 1.54) is 32.4 Å². The fourth-order valence-electron chi connectivity index (χ4n) is 4.58. The molecule has 0 spiro atoms. The Bertz CT molecular complexity index is 1750. The van der Waals surface area contributed by atoms with Crippen LogP contribution in [0, 0.1) is 0 Å². The number of hydrogen-bond acceptors (Lipinski definition) is 8. The van der Waals surface area contributed by atoms with Gasteiger partial charge in [0.25, 0.3) is 15.9 Å². The largest absolute Gasteiger partial charge is 0.493 e. The molecule has 4 rings (SSSR count). The van der Waals surface area contributed by atoms with Gasteiger partial charge in [-0.3, -0.25) is 13.9 Å². The molecule has 0 fully saturated rings. The molecule has 12 heteroatoms. The van der Waals surface area contributed by atoms with Crippen molar-refractivity contribution in [2.24, 2.45) is 0 Å². The highest BCUT2D eigenvalue weighted by molar-refractivity contribution is 7.92. The van der Waals surface area contributed by atoms with Crippen LogP contribution in [0.2, 0.25) is 0 Å². The van der Waals surface area contributed by atoms with E-state index in [0.29, 0.717) is 30.2 Å². The van der Waals surface area contributed by atoms with E-state index < -0.39 is 28.4 Å². The standard InChI is InChI=1S/C33H35N3O8S/c1-41-28-16-14-23(20-30(28)43-3)18-19-34-33(38)26-12-8-9-13-27(26)35-32(37)22-36(24-10-6-5-7-11-24)45(39,40)25-15-17-29(42-2)31(21-25)44-4/h5-17,20-21H,18-19,22H2,1-4H3,(H,34,38)(H,35,37). The zero-order chi connectivity index (χ0) is 32.4. The van der Waals surface area contributed by atoms with Crippen molar-refractivity contribution in [2.45, 2.75) is 11.3 Å². The monoisotopic (exact) mass is 633 g/mol. The van der Waals surface area contributed by atoms with Gasteiger partial charge in [-0.25, -0.2) is 8.42 Å². The molecule has 0 bridgehead atoms. The van der Waals surface area contributed by atoms with Crippen LogP contribution in [0.5, 0.6) is 23.0 Å². The van der Waals surface area contributed by atoms with Gasteiger partial charge in [0.2, 0.25) is 5.91 Å². The Balaban J connectivity index is 1.50. The van der Waals surface area contributed by atoms with E-state index >= 15 is 0 Å². The maximum absolute atomic E-state index is 13.8. The fraction of sp³-hybridized carbons (Fsp3) is 0.212. The minimum atomic E-state index is -4.23. The van der Waals surface area contributed by atoms with Crippen LogP contribution >= 0.6 is 0 Å². The van der Waals surface area contributed by atoms with E-state index in [-0.39, 0.29) is 27.6 Å². The molecular weight excluding hydrogens is 598 g/mol.